The zero-order chi connectivity index (χ0) is 28.5. The molecule has 1 aromatic carbocycles. The number of carbonyl (C=O) groups excluding carboxylic acids is 5. The van der Waals surface area contributed by atoms with E-state index in [0.29, 0.717) is 17.9 Å². The Hall–Kier alpha value is -2.67. The number of rotatable bonds is 6. The minimum atomic E-state index is -2.66. The fourth-order valence-electron chi connectivity index (χ4n) is 8.13. The van der Waals surface area contributed by atoms with Crippen LogP contribution >= 0.6 is 0 Å². The van der Waals surface area contributed by atoms with Crippen molar-refractivity contribution in [2.24, 2.45) is 40.4 Å². The van der Waals surface area contributed by atoms with E-state index in [1.54, 1.807) is 20.8 Å². The van der Waals surface area contributed by atoms with Crippen LogP contribution in [-0.4, -0.2) is 44.7 Å². The van der Waals surface area contributed by atoms with Gasteiger partial charge in [0.15, 0.2) is 28.7 Å². The molecule has 0 aromatic heterocycles. The van der Waals surface area contributed by atoms with E-state index in [2.05, 4.69) is 13.8 Å². The summed E-state index contributed by atoms with van der Waals surface area (Å²) < 4.78 is 0. The van der Waals surface area contributed by atoms with Gasteiger partial charge in [0.05, 0.1) is 11.5 Å². The molecule has 7 nitrogen and oxygen atoms in total. The van der Waals surface area contributed by atoms with Crippen molar-refractivity contribution in [2.45, 2.75) is 86.2 Å². The van der Waals surface area contributed by atoms with Gasteiger partial charge in [-0.1, -0.05) is 54.0 Å². The van der Waals surface area contributed by atoms with Crippen LogP contribution in [0, 0.1) is 40.4 Å². The predicted octanol–water partition coefficient (Wildman–Crippen LogP) is 4.07. The third-order valence-electron chi connectivity index (χ3n) is 9.59. The highest BCUT2D eigenvalue weighted by molar-refractivity contribution is 6.32. The van der Waals surface area contributed by atoms with E-state index >= 15 is 0 Å². The van der Waals surface area contributed by atoms with Crippen LogP contribution in [0.4, 0.5) is 0 Å². The number of ketones is 5. The highest BCUT2D eigenvalue weighted by atomic mass is 16.3. The third-order valence-corrected chi connectivity index (χ3v) is 9.59. The van der Waals surface area contributed by atoms with Gasteiger partial charge in [0.2, 0.25) is 0 Å². The molecule has 3 aliphatic carbocycles. The largest absolute Gasteiger partial charge is 0.507 e. The van der Waals surface area contributed by atoms with Gasteiger partial charge in [0.25, 0.3) is 0 Å². The summed E-state index contributed by atoms with van der Waals surface area (Å²) >= 11 is 0. The molecule has 1 aromatic rings. The lowest BCUT2D eigenvalue weighted by molar-refractivity contribution is -0.205. The molecule has 0 bridgehead atoms. The smallest absolute Gasteiger partial charge is 0.190 e. The van der Waals surface area contributed by atoms with Gasteiger partial charge in [0.1, 0.15) is 17.5 Å². The Morgan fingerprint density at radius 1 is 1.05 bits per heavy atom. The molecule has 2 fully saturated rings. The molecule has 0 heterocycles. The SMILES string of the molecule is CC(=O)C1C(=O)C(C(C)C)[C@@]2(C)C[C@@]3(C)Cc4c(CCCC(C)C)ccc(O)c4C(=O)C3C(=O)[C@@]2(O)C1=O. The van der Waals surface area contributed by atoms with Crippen LogP contribution in [0.1, 0.15) is 89.2 Å². The normalized spacial score (nSPS) is 34.8. The first-order chi connectivity index (χ1) is 17.5. The van der Waals surface area contributed by atoms with Crippen molar-refractivity contribution in [3.8, 4) is 5.75 Å². The van der Waals surface area contributed by atoms with Crippen LogP contribution in [0.25, 0.3) is 0 Å². The summed E-state index contributed by atoms with van der Waals surface area (Å²) in [6.07, 6.45) is 3.00. The molecule has 7 heteroatoms. The Morgan fingerprint density at radius 2 is 1.68 bits per heavy atom. The number of hydrogen-bond acceptors (Lipinski definition) is 7. The summed E-state index contributed by atoms with van der Waals surface area (Å²) in [6, 6.07) is 3.30. The van der Waals surface area contributed by atoms with E-state index in [1.807, 2.05) is 13.0 Å². The molecule has 3 aliphatic rings. The molecule has 0 radical (unpaired) electrons. The minimum absolute atomic E-state index is 0.0735. The van der Waals surface area contributed by atoms with Gasteiger partial charge in [-0.25, -0.2) is 0 Å². The summed E-state index contributed by atoms with van der Waals surface area (Å²) in [5.74, 6) is -8.05. The summed E-state index contributed by atoms with van der Waals surface area (Å²) in [5, 5.41) is 22.8. The number of fused-ring (bicyclic) bond motifs is 3. The number of aryl methyl sites for hydroxylation is 1. The zero-order valence-electron chi connectivity index (χ0n) is 23.5. The van der Waals surface area contributed by atoms with Crippen molar-refractivity contribution in [1.29, 1.82) is 0 Å². The lowest BCUT2D eigenvalue weighted by Gasteiger charge is -2.61. The summed E-state index contributed by atoms with van der Waals surface area (Å²) in [4.78, 5) is 67.9. The highest BCUT2D eigenvalue weighted by Gasteiger charge is 2.76. The fraction of sp³-hybridized carbons (Fsp3) is 0.645. The van der Waals surface area contributed by atoms with Crippen molar-refractivity contribution < 1.29 is 34.2 Å². The average Bonchev–Trinajstić information content (AvgIpc) is 2.77. The van der Waals surface area contributed by atoms with Gasteiger partial charge < -0.3 is 10.2 Å². The maximum atomic E-state index is 14.2. The molecule has 2 N–H and O–H groups in total. The lowest BCUT2D eigenvalue weighted by Crippen LogP contribution is -2.76. The number of carbonyl (C=O) groups is 5. The molecule has 206 valence electrons. The highest BCUT2D eigenvalue weighted by Crippen LogP contribution is 2.63. The Bertz CT molecular complexity index is 1240. The van der Waals surface area contributed by atoms with Crippen molar-refractivity contribution in [1.82, 2.24) is 0 Å². The number of phenolic OH excluding ortho intramolecular Hbond substituents is 1. The van der Waals surface area contributed by atoms with E-state index < -0.39 is 63.1 Å². The van der Waals surface area contributed by atoms with E-state index in [4.69, 9.17) is 0 Å². The van der Waals surface area contributed by atoms with Crippen molar-refractivity contribution in [3.05, 3.63) is 28.8 Å². The monoisotopic (exact) mass is 524 g/mol. The first-order valence-corrected chi connectivity index (χ1v) is 13.8. The number of Topliss-reactive ketones (excluding diaryl/α,β-unsaturated/α-hetero) is 5. The summed E-state index contributed by atoms with van der Waals surface area (Å²) in [5.41, 5.74) is -3.41. The first-order valence-electron chi connectivity index (χ1n) is 13.8. The standard InChI is InChI=1S/C31H40O7/c1-15(2)9-8-10-18-11-12-20(33)22-19(18)13-29(6)14-30(7)23(16(3)4)25(34)21(17(5)32)27(36)31(30,38)28(37)24(29)26(22)35/h11-12,15-16,21,23-24,33,38H,8-10,13-14H2,1-7H3/t21?,23?,24?,29-,30-,31+/m1/s1. The van der Waals surface area contributed by atoms with E-state index in [1.165, 1.54) is 6.07 Å². The van der Waals surface area contributed by atoms with Gasteiger partial charge in [-0.15, -0.1) is 0 Å². The molecule has 0 saturated heterocycles. The molecular formula is C31H40O7. The van der Waals surface area contributed by atoms with Crippen LogP contribution < -0.4 is 0 Å². The van der Waals surface area contributed by atoms with Gasteiger partial charge in [-0.05, 0) is 67.1 Å². The maximum absolute atomic E-state index is 14.2. The van der Waals surface area contributed by atoms with Crippen LogP contribution in [-0.2, 0) is 32.0 Å². The molecule has 2 saturated carbocycles. The third kappa shape index (κ3) is 3.75. The Morgan fingerprint density at radius 3 is 2.24 bits per heavy atom. The van der Waals surface area contributed by atoms with E-state index in [0.717, 1.165) is 31.7 Å². The van der Waals surface area contributed by atoms with Crippen LogP contribution in [0.5, 0.6) is 5.75 Å². The first kappa shape index (κ1) is 28.3. The number of hydrogen-bond donors (Lipinski definition) is 2. The van der Waals surface area contributed by atoms with E-state index in [9.17, 15) is 34.2 Å². The van der Waals surface area contributed by atoms with Gasteiger partial charge in [-0.3, -0.25) is 24.0 Å². The van der Waals surface area contributed by atoms with Gasteiger partial charge in [0, 0.05) is 11.3 Å². The second kappa shape index (κ2) is 9.22. The van der Waals surface area contributed by atoms with E-state index in [-0.39, 0.29) is 23.7 Å². The van der Waals surface area contributed by atoms with Crippen LogP contribution in [0.2, 0.25) is 0 Å². The van der Waals surface area contributed by atoms with Crippen molar-refractivity contribution in [3.63, 3.8) is 0 Å². The predicted molar refractivity (Wildman–Crippen MR) is 141 cm³/mol. The van der Waals surface area contributed by atoms with Crippen molar-refractivity contribution >= 4 is 28.9 Å². The fourth-order valence-corrected chi connectivity index (χ4v) is 8.13. The Labute approximate surface area is 224 Å². The molecule has 0 spiro atoms. The molecule has 0 aliphatic heterocycles. The number of aromatic hydroxyl groups is 1. The number of benzene rings is 1. The van der Waals surface area contributed by atoms with Crippen LogP contribution in [0.15, 0.2) is 12.1 Å². The van der Waals surface area contributed by atoms with Gasteiger partial charge >= 0.3 is 0 Å². The Kier molecular flexibility index (Phi) is 6.87. The minimum Gasteiger partial charge on any atom is -0.507 e. The van der Waals surface area contributed by atoms with Crippen molar-refractivity contribution in [2.75, 3.05) is 0 Å². The summed E-state index contributed by atoms with van der Waals surface area (Å²) in [7, 11) is 0. The lowest BCUT2D eigenvalue weighted by atomic mass is 9.40. The van der Waals surface area contributed by atoms with Gasteiger partial charge in [-0.2, -0.15) is 0 Å². The second-order valence-corrected chi connectivity index (χ2v) is 13.2. The van der Waals surface area contributed by atoms with Crippen LogP contribution in [0.3, 0.4) is 0 Å². The average molecular weight is 525 g/mol. The molecule has 3 unspecified atom stereocenters. The zero-order valence-corrected chi connectivity index (χ0v) is 23.5. The molecule has 4 rings (SSSR count). The maximum Gasteiger partial charge on any atom is 0.190 e. The molecule has 38 heavy (non-hydrogen) atoms. The second-order valence-electron chi connectivity index (χ2n) is 13.2. The quantitative estimate of drug-likeness (QED) is 0.537. The molecule has 0 amide bonds. The topological polar surface area (TPSA) is 126 Å². The summed E-state index contributed by atoms with van der Waals surface area (Å²) in [6.45, 7) is 12.4. The molecular weight excluding hydrogens is 484 g/mol. The number of aliphatic hydroxyl groups is 1. The molecule has 6 atom stereocenters. The number of phenols is 1. The Balaban J connectivity index is 1.90.